The van der Waals surface area contributed by atoms with E-state index in [-0.39, 0.29) is 5.70 Å². The van der Waals surface area contributed by atoms with Gasteiger partial charge in [0.1, 0.15) is 6.26 Å². The van der Waals surface area contributed by atoms with Gasteiger partial charge in [0.05, 0.1) is 5.69 Å². The predicted octanol–water partition coefficient (Wildman–Crippen LogP) is 5.01. The third-order valence-corrected chi connectivity index (χ3v) is 3.02. The number of hydrogen-bond acceptors (Lipinski definition) is 4. The van der Waals surface area contributed by atoms with E-state index in [4.69, 9.17) is 11.6 Å². The number of nitrogens with zero attached hydrogens (tertiary/aromatic N) is 2. The lowest BCUT2D eigenvalue weighted by atomic mass is 10.1. The Balaban J connectivity index is 2.18. The first-order valence-electron chi connectivity index (χ1n) is 6.23. The van der Waals surface area contributed by atoms with Gasteiger partial charge >= 0.3 is 0 Å². The summed E-state index contributed by atoms with van der Waals surface area (Å²) in [5.41, 5.74) is 1.94. The average Bonchev–Trinajstić information content (AvgIpc) is 2.50. The summed E-state index contributed by atoms with van der Waals surface area (Å²) in [6.45, 7) is 1.96. The molecule has 0 fully saturated rings. The zero-order valence-corrected chi connectivity index (χ0v) is 12.1. The highest BCUT2D eigenvalue weighted by molar-refractivity contribution is 6.30. The Morgan fingerprint density at radius 2 is 1.71 bits per heavy atom. The molecule has 0 aliphatic carbocycles. The first-order chi connectivity index (χ1) is 10.1. The van der Waals surface area contributed by atoms with E-state index < -0.39 is 5.78 Å². The van der Waals surface area contributed by atoms with Gasteiger partial charge in [-0.15, -0.1) is 5.11 Å². The first-order valence-corrected chi connectivity index (χ1v) is 6.61. The molecule has 0 unspecified atom stereocenters. The molecule has 0 aliphatic heterocycles. The Kier molecular flexibility index (Phi) is 4.85. The number of hydrogen-bond donors (Lipinski definition) is 1. The van der Waals surface area contributed by atoms with E-state index in [2.05, 4.69) is 10.2 Å². The predicted molar refractivity (Wildman–Crippen MR) is 82.2 cm³/mol. The van der Waals surface area contributed by atoms with Crippen molar-refractivity contribution in [1.29, 1.82) is 0 Å². The number of azo groups is 1. The van der Waals surface area contributed by atoms with E-state index >= 15 is 0 Å². The molecule has 2 aromatic carbocycles. The van der Waals surface area contributed by atoms with Gasteiger partial charge in [0, 0.05) is 10.6 Å². The van der Waals surface area contributed by atoms with Crippen LogP contribution in [0.5, 0.6) is 0 Å². The molecule has 0 saturated carbocycles. The van der Waals surface area contributed by atoms with Crippen molar-refractivity contribution in [2.45, 2.75) is 6.92 Å². The molecule has 0 atom stereocenters. The lowest BCUT2D eigenvalue weighted by Crippen LogP contribution is -2.01. The molecule has 0 saturated heterocycles. The Bertz CT molecular complexity index is 689. The van der Waals surface area contributed by atoms with Crippen LogP contribution in [-0.2, 0) is 0 Å². The summed E-state index contributed by atoms with van der Waals surface area (Å²) in [5, 5.41) is 17.4. The molecule has 0 heterocycles. The van der Waals surface area contributed by atoms with Crippen LogP contribution in [0.2, 0.25) is 5.02 Å². The molecule has 1 N–H and O–H groups in total. The maximum atomic E-state index is 12.1. The van der Waals surface area contributed by atoms with Crippen LogP contribution in [0, 0.1) is 6.92 Å². The molecule has 0 amide bonds. The van der Waals surface area contributed by atoms with Crippen LogP contribution in [0.4, 0.5) is 5.69 Å². The summed E-state index contributed by atoms with van der Waals surface area (Å²) >= 11 is 5.77. The van der Waals surface area contributed by atoms with Gasteiger partial charge < -0.3 is 5.11 Å². The summed E-state index contributed by atoms with van der Waals surface area (Å²) in [5.74, 6) is -0.426. The van der Waals surface area contributed by atoms with Gasteiger partial charge in [-0.05, 0) is 43.3 Å². The molecule has 0 bridgehead atoms. The zero-order chi connectivity index (χ0) is 15.2. The number of ketones is 1. The number of carbonyl (C=O) groups is 1. The van der Waals surface area contributed by atoms with Crippen molar-refractivity contribution in [3.63, 3.8) is 0 Å². The van der Waals surface area contributed by atoms with Crippen molar-refractivity contribution in [3.8, 4) is 0 Å². The number of aliphatic hydroxyl groups excluding tert-OH is 1. The Morgan fingerprint density at radius 1 is 1.10 bits per heavy atom. The highest BCUT2D eigenvalue weighted by Crippen LogP contribution is 2.17. The van der Waals surface area contributed by atoms with E-state index in [0.717, 1.165) is 5.56 Å². The number of carbonyl (C=O) groups excluding carboxylic acids is 1. The number of aliphatic hydroxyl groups is 1. The van der Waals surface area contributed by atoms with Gasteiger partial charge in [-0.1, -0.05) is 29.3 Å². The molecule has 0 radical (unpaired) electrons. The molecule has 21 heavy (non-hydrogen) atoms. The van der Waals surface area contributed by atoms with Crippen molar-refractivity contribution in [2.24, 2.45) is 10.2 Å². The summed E-state index contributed by atoms with van der Waals surface area (Å²) in [6, 6.07) is 13.7. The second-order valence-electron chi connectivity index (χ2n) is 4.39. The number of aryl methyl sites for hydroxylation is 1. The van der Waals surface area contributed by atoms with Gasteiger partial charge in [-0.25, -0.2) is 0 Å². The van der Waals surface area contributed by atoms with Crippen molar-refractivity contribution in [1.82, 2.24) is 0 Å². The molecule has 0 spiro atoms. The number of rotatable bonds is 4. The Hall–Kier alpha value is -2.46. The second kappa shape index (κ2) is 6.81. The van der Waals surface area contributed by atoms with E-state index in [1.807, 2.05) is 19.1 Å². The van der Waals surface area contributed by atoms with Crippen molar-refractivity contribution < 1.29 is 9.90 Å². The molecule has 2 rings (SSSR count). The maximum Gasteiger partial charge on any atom is 0.216 e. The first kappa shape index (κ1) is 14.9. The summed E-state index contributed by atoms with van der Waals surface area (Å²) in [6.07, 6.45) is 0.647. The number of Topliss-reactive ketones (excluding diaryl/α,β-unsaturated/α-hetero) is 1. The largest absolute Gasteiger partial charge is 0.513 e. The number of benzene rings is 2. The third-order valence-electron chi connectivity index (χ3n) is 2.77. The van der Waals surface area contributed by atoms with Gasteiger partial charge in [-0.3, -0.25) is 4.79 Å². The summed E-state index contributed by atoms with van der Waals surface area (Å²) in [7, 11) is 0. The molecule has 4 nitrogen and oxygen atoms in total. The quantitative estimate of drug-likeness (QED) is 0.373. The molecule has 0 aromatic heterocycles. The van der Waals surface area contributed by atoms with Crippen LogP contribution in [-0.4, -0.2) is 10.9 Å². The lowest BCUT2D eigenvalue weighted by Gasteiger charge is -2.00. The van der Waals surface area contributed by atoms with Crippen LogP contribution in [0.1, 0.15) is 15.9 Å². The number of allylic oxidation sites excluding steroid dienone is 1. The van der Waals surface area contributed by atoms with Crippen LogP contribution >= 0.6 is 11.6 Å². The monoisotopic (exact) mass is 300 g/mol. The number of halogens is 1. The van der Waals surface area contributed by atoms with Gasteiger partial charge in [0.2, 0.25) is 5.78 Å². The maximum absolute atomic E-state index is 12.1. The van der Waals surface area contributed by atoms with Crippen LogP contribution < -0.4 is 0 Å². The standard InChI is InChI=1S/C16H13ClN2O2/c1-11-2-8-14(9-3-11)18-19-15(10-20)16(21)12-4-6-13(17)7-5-12/h2-10,20H,1H3/b15-10-,19-18?. The van der Waals surface area contributed by atoms with E-state index in [9.17, 15) is 9.90 Å². The Morgan fingerprint density at radius 3 is 2.29 bits per heavy atom. The molecule has 106 valence electrons. The van der Waals surface area contributed by atoms with Gasteiger partial charge in [0.15, 0.2) is 5.70 Å². The summed E-state index contributed by atoms with van der Waals surface area (Å²) in [4.78, 5) is 12.1. The molecular weight excluding hydrogens is 288 g/mol. The third kappa shape index (κ3) is 4.00. The molecule has 0 aliphatic rings. The highest BCUT2D eigenvalue weighted by atomic mass is 35.5. The SMILES string of the molecule is Cc1ccc(N=N/C(=C\O)C(=O)c2ccc(Cl)cc2)cc1. The van der Waals surface area contributed by atoms with Gasteiger partial charge in [-0.2, -0.15) is 5.11 Å². The van der Waals surface area contributed by atoms with Crippen molar-refractivity contribution >= 4 is 23.1 Å². The molecular formula is C16H13ClN2O2. The normalized spacial score (nSPS) is 11.8. The highest BCUT2D eigenvalue weighted by Gasteiger charge is 2.12. The fourth-order valence-corrected chi connectivity index (χ4v) is 1.73. The van der Waals surface area contributed by atoms with Crippen LogP contribution in [0.15, 0.2) is 70.7 Å². The van der Waals surface area contributed by atoms with Crippen LogP contribution in [0.25, 0.3) is 0 Å². The fourth-order valence-electron chi connectivity index (χ4n) is 1.60. The average molecular weight is 301 g/mol. The molecule has 5 heteroatoms. The van der Waals surface area contributed by atoms with E-state index in [1.54, 1.807) is 36.4 Å². The second-order valence-corrected chi connectivity index (χ2v) is 4.82. The Labute approximate surface area is 127 Å². The zero-order valence-electron chi connectivity index (χ0n) is 11.3. The van der Waals surface area contributed by atoms with Crippen LogP contribution in [0.3, 0.4) is 0 Å². The summed E-state index contributed by atoms with van der Waals surface area (Å²) < 4.78 is 0. The minimum Gasteiger partial charge on any atom is -0.513 e. The van der Waals surface area contributed by atoms with E-state index in [0.29, 0.717) is 22.5 Å². The topological polar surface area (TPSA) is 62.0 Å². The lowest BCUT2D eigenvalue weighted by molar-refractivity contribution is 0.102. The van der Waals surface area contributed by atoms with Crippen molar-refractivity contribution in [3.05, 3.63) is 76.6 Å². The molecule has 2 aromatic rings. The fraction of sp³-hybridized carbons (Fsp3) is 0.0625. The van der Waals surface area contributed by atoms with E-state index in [1.165, 1.54) is 0 Å². The van der Waals surface area contributed by atoms with Gasteiger partial charge in [0.25, 0.3) is 0 Å². The minimum absolute atomic E-state index is 0.141. The minimum atomic E-state index is -0.426. The smallest absolute Gasteiger partial charge is 0.216 e. The van der Waals surface area contributed by atoms with Crippen molar-refractivity contribution in [2.75, 3.05) is 0 Å².